The van der Waals surface area contributed by atoms with Crippen molar-refractivity contribution < 1.29 is 18.7 Å². The van der Waals surface area contributed by atoms with Crippen LogP contribution in [0.25, 0.3) is 0 Å². The predicted molar refractivity (Wildman–Crippen MR) is 58.6 cm³/mol. The van der Waals surface area contributed by atoms with Gasteiger partial charge >= 0.3 is 11.1 Å². The maximum Gasteiger partial charge on any atom is 0.386 e. The summed E-state index contributed by atoms with van der Waals surface area (Å²) in [5.41, 5.74) is 0.614. The molecule has 0 saturated carbocycles. The highest BCUT2D eigenvalue weighted by Crippen LogP contribution is 2.23. The van der Waals surface area contributed by atoms with Crippen molar-refractivity contribution in [2.24, 2.45) is 0 Å². The van der Waals surface area contributed by atoms with E-state index in [1.807, 2.05) is 0 Å². The lowest BCUT2D eigenvalue weighted by atomic mass is 10.2. The normalized spacial score (nSPS) is 9.94. The fraction of sp³-hybridized carbons (Fsp3) is 0.273. The summed E-state index contributed by atoms with van der Waals surface area (Å²) in [4.78, 5) is 22.9. The quantitative estimate of drug-likeness (QED) is 0.453. The van der Waals surface area contributed by atoms with Gasteiger partial charge in [-0.2, -0.15) is 0 Å². The number of hydrogen-bond acceptors (Lipinski definition) is 4. The first-order valence-corrected chi connectivity index (χ1v) is 5.51. The predicted octanol–water partition coefficient (Wildman–Crippen LogP) is 2.32. The number of aryl methyl sites for hydroxylation is 1. The fourth-order valence-electron chi connectivity index (χ4n) is 1.06. The average molecular weight is 242 g/mol. The summed E-state index contributed by atoms with van der Waals surface area (Å²) in [5, 5.41) is -0.698. The number of benzene rings is 1. The van der Waals surface area contributed by atoms with Gasteiger partial charge in [-0.3, -0.25) is 4.79 Å². The van der Waals surface area contributed by atoms with E-state index in [0.717, 1.165) is 11.8 Å². The highest BCUT2D eigenvalue weighted by atomic mass is 32.2. The molecular weight excluding hydrogens is 231 g/mol. The second-order valence-corrected chi connectivity index (χ2v) is 4.03. The van der Waals surface area contributed by atoms with Crippen molar-refractivity contribution in [2.45, 2.75) is 18.7 Å². The fourth-order valence-corrected chi connectivity index (χ4v) is 1.76. The van der Waals surface area contributed by atoms with Gasteiger partial charge in [0.15, 0.2) is 0 Å². The molecule has 0 heterocycles. The van der Waals surface area contributed by atoms with E-state index in [4.69, 9.17) is 0 Å². The standard InChI is InChI=1S/C11H11FO3S/c1-3-15-10(13)11(14)16-9-5-4-8(12)6-7(9)2/h4-6H,3H2,1-2H3. The third-order valence-corrected chi connectivity index (χ3v) is 2.81. The van der Waals surface area contributed by atoms with E-state index in [1.54, 1.807) is 13.8 Å². The van der Waals surface area contributed by atoms with Crippen LogP contribution in [0.15, 0.2) is 23.1 Å². The van der Waals surface area contributed by atoms with E-state index in [1.165, 1.54) is 18.2 Å². The Bertz CT molecular complexity index is 418. The first-order valence-electron chi connectivity index (χ1n) is 4.69. The van der Waals surface area contributed by atoms with Gasteiger partial charge in [-0.05, 0) is 49.4 Å². The zero-order valence-corrected chi connectivity index (χ0v) is 9.77. The minimum Gasteiger partial charge on any atom is -0.460 e. The molecule has 0 fully saturated rings. The Morgan fingerprint density at radius 1 is 1.44 bits per heavy atom. The number of ether oxygens (including phenoxy) is 1. The SMILES string of the molecule is CCOC(=O)C(=O)Sc1ccc(F)cc1C. The maximum atomic E-state index is 12.8. The van der Waals surface area contributed by atoms with Gasteiger partial charge in [0, 0.05) is 4.90 Å². The number of thioether (sulfide) groups is 1. The van der Waals surface area contributed by atoms with Gasteiger partial charge in [0.05, 0.1) is 6.61 Å². The van der Waals surface area contributed by atoms with Crippen LogP contribution < -0.4 is 0 Å². The van der Waals surface area contributed by atoms with Crippen LogP contribution >= 0.6 is 11.8 Å². The van der Waals surface area contributed by atoms with Crippen LogP contribution in [0.1, 0.15) is 12.5 Å². The summed E-state index contributed by atoms with van der Waals surface area (Å²) in [5.74, 6) is -1.25. The number of esters is 1. The number of carbonyl (C=O) groups excluding carboxylic acids is 2. The molecule has 1 aromatic rings. The molecule has 0 aliphatic carbocycles. The molecule has 86 valence electrons. The first kappa shape index (κ1) is 12.7. The molecule has 3 nitrogen and oxygen atoms in total. The molecule has 0 radical (unpaired) electrons. The maximum absolute atomic E-state index is 12.8. The minimum atomic E-state index is -0.878. The average Bonchev–Trinajstić information content (AvgIpc) is 2.22. The van der Waals surface area contributed by atoms with E-state index in [2.05, 4.69) is 4.74 Å². The summed E-state index contributed by atoms with van der Waals surface area (Å²) in [6.45, 7) is 3.45. The lowest BCUT2D eigenvalue weighted by molar-refractivity contribution is -0.149. The Morgan fingerprint density at radius 2 is 2.12 bits per heavy atom. The van der Waals surface area contributed by atoms with Crippen LogP contribution in [-0.2, 0) is 14.3 Å². The lowest BCUT2D eigenvalue weighted by Crippen LogP contribution is -2.13. The highest BCUT2D eigenvalue weighted by molar-refractivity contribution is 8.15. The summed E-state index contributed by atoms with van der Waals surface area (Å²) < 4.78 is 17.3. The van der Waals surface area contributed by atoms with Crippen LogP contribution in [-0.4, -0.2) is 17.7 Å². The van der Waals surface area contributed by atoms with Crippen molar-refractivity contribution in [3.05, 3.63) is 29.6 Å². The molecule has 0 aliphatic rings. The zero-order valence-electron chi connectivity index (χ0n) is 8.95. The molecule has 5 heteroatoms. The smallest absolute Gasteiger partial charge is 0.386 e. The van der Waals surface area contributed by atoms with Gasteiger partial charge < -0.3 is 4.74 Å². The molecule has 0 aromatic heterocycles. The van der Waals surface area contributed by atoms with E-state index in [-0.39, 0.29) is 12.4 Å². The Kier molecular flexibility index (Phi) is 4.49. The molecule has 0 saturated heterocycles. The monoisotopic (exact) mass is 242 g/mol. The molecule has 1 aromatic carbocycles. The van der Waals surface area contributed by atoms with Crippen molar-refractivity contribution in [3.8, 4) is 0 Å². The van der Waals surface area contributed by atoms with Crippen molar-refractivity contribution in [2.75, 3.05) is 6.61 Å². The molecule has 16 heavy (non-hydrogen) atoms. The highest BCUT2D eigenvalue weighted by Gasteiger charge is 2.17. The van der Waals surface area contributed by atoms with Crippen LogP contribution in [0.3, 0.4) is 0 Å². The van der Waals surface area contributed by atoms with Crippen LogP contribution in [0.4, 0.5) is 4.39 Å². The first-order chi connectivity index (χ1) is 7.54. The third-order valence-electron chi connectivity index (χ3n) is 1.78. The molecule has 0 N–H and O–H groups in total. The van der Waals surface area contributed by atoms with Gasteiger partial charge in [0.1, 0.15) is 5.82 Å². The summed E-state index contributed by atoms with van der Waals surface area (Å²) >= 11 is 0.747. The summed E-state index contributed by atoms with van der Waals surface area (Å²) in [6, 6.07) is 4.01. The van der Waals surface area contributed by atoms with Crippen molar-refractivity contribution in [1.29, 1.82) is 0 Å². The van der Waals surface area contributed by atoms with Crippen LogP contribution in [0.5, 0.6) is 0 Å². The van der Waals surface area contributed by atoms with Gasteiger partial charge in [0.25, 0.3) is 0 Å². The largest absolute Gasteiger partial charge is 0.460 e. The van der Waals surface area contributed by atoms with E-state index < -0.39 is 11.1 Å². The number of halogens is 1. The Hall–Kier alpha value is -1.36. The molecule has 0 unspecified atom stereocenters. The molecule has 0 aliphatic heterocycles. The van der Waals surface area contributed by atoms with E-state index >= 15 is 0 Å². The molecule has 0 atom stereocenters. The second-order valence-electron chi connectivity index (χ2n) is 3.02. The van der Waals surface area contributed by atoms with Gasteiger partial charge in [-0.15, -0.1) is 0 Å². The van der Waals surface area contributed by atoms with Crippen LogP contribution in [0, 0.1) is 12.7 Å². The van der Waals surface area contributed by atoms with Crippen molar-refractivity contribution in [3.63, 3.8) is 0 Å². The molecular formula is C11H11FO3S. The number of hydrogen-bond donors (Lipinski definition) is 0. The summed E-state index contributed by atoms with van der Waals surface area (Å²) in [6.07, 6.45) is 0. The molecule has 0 amide bonds. The van der Waals surface area contributed by atoms with E-state index in [0.29, 0.717) is 10.5 Å². The zero-order chi connectivity index (χ0) is 12.1. The van der Waals surface area contributed by atoms with E-state index in [9.17, 15) is 14.0 Å². The number of rotatable bonds is 2. The van der Waals surface area contributed by atoms with Crippen LogP contribution in [0.2, 0.25) is 0 Å². The lowest BCUT2D eigenvalue weighted by Gasteiger charge is -2.04. The molecule has 1 rings (SSSR count). The Balaban J connectivity index is 2.73. The molecule has 0 spiro atoms. The second kappa shape index (κ2) is 5.65. The van der Waals surface area contributed by atoms with Crippen molar-refractivity contribution >= 4 is 22.8 Å². The topological polar surface area (TPSA) is 43.4 Å². The summed E-state index contributed by atoms with van der Waals surface area (Å²) in [7, 11) is 0. The third kappa shape index (κ3) is 3.34. The molecule has 0 bridgehead atoms. The minimum absolute atomic E-state index is 0.160. The Labute approximate surface area is 97.0 Å². The van der Waals surface area contributed by atoms with Gasteiger partial charge in [0.2, 0.25) is 0 Å². The van der Waals surface area contributed by atoms with Gasteiger partial charge in [-0.1, -0.05) is 0 Å². The number of carbonyl (C=O) groups is 2. The van der Waals surface area contributed by atoms with Crippen molar-refractivity contribution in [1.82, 2.24) is 0 Å². The Morgan fingerprint density at radius 3 is 2.69 bits per heavy atom. The van der Waals surface area contributed by atoms with Gasteiger partial charge in [-0.25, -0.2) is 9.18 Å².